The summed E-state index contributed by atoms with van der Waals surface area (Å²) in [6.07, 6.45) is 0.527. The van der Waals surface area contributed by atoms with Crippen LogP contribution in [0.3, 0.4) is 0 Å². The SMILES string of the molecule is O=C(O)c1cc(F)ncc1F. The molecule has 0 aliphatic rings. The number of carboxylic acids is 1. The molecule has 1 aromatic heterocycles. The summed E-state index contributed by atoms with van der Waals surface area (Å²) < 4.78 is 24.6. The summed E-state index contributed by atoms with van der Waals surface area (Å²) in [5.74, 6) is -3.56. The average Bonchev–Trinajstić information content (AvgIpc) is 1.94. The molecule has 1 rings (SSSR count). The standard InChI is InChI=1S/C6H3F2NO2/c7-4-2-9-5(8)1-3(4)6(10)11/h1-2H,(H,10,11). The van der Waals surface area contributed by atoms with Crippen LogP contribution in [0.25, 0.3) is 0 Å². The molecule has 5 heteroatoms. The van der Waals surface area contributed by atoms with Crippen molar-refractivity contribution in [1.29, 1.82) is 0 Å². The smallest absolute Gasteiger partial charge is 0.338 e. The van der Waals surface area contributed by atoms with Gasteiger partial charge in [-0.25, -0.2) is 14.2 Å². The second-order valence-electron chi connectivity index (χ2n) is 1.79. The lowest BCUT2D eigenvalue weighted by Gasteiger charge is -1.94. The van der Waals surface area contributed by atoms with Gasteiger partial charge in [0, 0.05) is 6.07 Å². The highest BCUT2D eigenvalue weighted by Gasteiger charge is 2.10. The Morgan fingerprint density at radius 1 is 1.55 bits per heavy atom. The maximum absolute atomic E-state index is 12.4. The molecule has 1 aromatic rings. The molecule has 3 nitrogen and oxygen atoms in total. The third-order valence-corrected chi connectivity index (χ3v) is 1.05. The highest BCUT2D eigenvalue weighted by atomic mass is 19.1. The zero-order valence-electron chi connectivity index (χ0n) is 5.21. The quantitative estimate of drug-likeness (QED) is 0.623. The van der Waals surface area contributed by atoms with Crippen LogP contribution >= 0.6 is 0 Å². The van der Waals surface area contributed by atoms with Crippen LogP contribution in [-0.4, -0.2) is 16.1 Å². The molecule has 11 heavy (non-hydrogen) atoms. The predicted octanol–water partition coefficient (Wildman–Crippen LogP) is 1.06. The first-order valence-electron chi connectivity index (χ1n) is 2.65. The van der Waals surface area contributed by atoms with E-state index in [1.54, 1.807) is 0 Å². The lowest BCUT2D eigenvalue weighted by atomic mass is 10.2. The predicted molar refractivity (Wildman–Crippen MR) is 31.1 cm³/mol. The normalized spacial score (nSPS) is 9.64. The van der Waals surface area contributed by atoms with Gasteiger partial charge in [0.1, 0.15) is 5.56 Å². The summed E-state index contributed by atoms with van der Waals surface area (Å²) >= 11 is 0. The molecule has 1 heterocycles. The molecule has 0 unspecified atom stereocenters. The number of aromatic nitrogens is 1. The van der Waals surface area contributed by atoms with Crippen molar-refractivity contribution in [1.82, 2.24) is 4.98 Å². The van der Waals surface area contributed by atoms with Crippen molar-refractivity contribution in [2.45, 2.75) is 0 Å². The molecule has 0 saturated heterocycles. The van der Waals surface area contributed by atoms with Gasteiger partial charge in [0.15, 0.2) is 5.82 Å². The lowest BCUT2D eigenvalue weighted by molar-refractivity contribution is 0.0691. The molecule has 1 N–H and O–H groups in total. The van der Waals surface area contributed by atoms with Crippen molar-refractivity contribution in [3.63, 3.8) is 0 Å². The first-order valence-corrected chi connectivity index (χ1v) is 2.65. The first kappa shape index (κ1) is 7.59. The van der Waals surface area contributed by atoms with E-state index < -0.39 is 23.3 Å². The Labute approximate surface area is 60.3 Å². The monoisotopic (exact) mass is 159 g/mol. The van der Waals surface area contributed by atoms with E-state index in [2.05, 4.69) is 4.98 Å². The van der Waals surface area contributed by atoms with Crippen molar-refractivity contribution >= 4 is 5.97 Å². The highest BCUT2D eigenvalue weighted by Crippen LogP contribution is 2.05. The molecule has 0 aliphatic carbocycles. The molecule has 0 aromatic carbocycles. The molecule has 0 bridgehead atoms. The minimum absolute atomic E-state index is 0.525. The third kappa shape index (κ3) is 1.49. The number of nitrogens with zero attached hydrogens (tertiary/aromatic N) is 1. The van der Waals surface area contributed by atoms with Crippen LogP contribution in [0.4, 0.5) is 8.78 Å². The molecule has 0 atom stereocenters. The number of hydrogen-bond acceptors (Lipinski definition) is 2. The second-order valence-corrected chi connectivity index (χ2v) is 1.79. The molecule has 0 saturated carbocycles. The molecule has 0 radical (unpaired) electrons. The van der Waals surface area contributed by atoms with Gasteiger partial charge >= 0.3 is 5.97 Å². The Balaban J connectivity index is 3.23. The van der Waals surface area contributed by atoms with Crippen LogP contribution in [0.1, 0.15) is 10.4 Å². The second kappa shape index (κ2) is 2.61. The van der Waals surface area contributed by atoms with Crippen molar-refractivity contribution < 1.29 is 18.7 Å². The van der Waals surface area contributed by atoms with Crippen LogP contribution in [0.5, 0.6) is 0 Å². The summed E-state index contributed by atoms with van der Waals surface area (Å²) in [5, 5.41) is 8.26. The number of carbonyl (C=O) groups is 1. The molecule has 0 fully saturated rings. The molecular formula is C6H3F2NO2. The fourth-order valence-electron chi connectivity index (χ4n) is 0.577. The van der Waals surface area contributed by atoms with Gasteiger partial charge in [-0.15, -0.1) is 0 Å². The largest absolute Gasteiger partial charge is 0.478 e. The summed E-state index contributed by atoms with van der Waals surface area (Å²) in [6, 6.07) is 0.525. The van der Waals surface area contributed by atoms with Gasteiger partial charge in [-0.05, 0) is 0 Å². The van der Waals surface area contributed by atoms with E-state index in [0.717, 1.165) is 0 Å². The number of pyridine rings is 1. The van der Waals surface area contributed by atoms with E-state index in [1.807, 2.05) is 0 Å². The Morgan fingerprint density at radius 3 is 2.64 bits per heavy atom. The zero-order valence-corrected chi connectivity index (χ0v) is 5.21. The lowest BCUT2D eigenvalue weighted by Crippen LogP contribution is -2.02. The van der Waals surface area contributed by atoms with Crippen molar-refractivity contribution in [2.24, 2.45) is 0 Å². The van der Waals surface area contributed by atoms with Crippen LogP contribution < -0.4 is 0 Å². The topological polar surface area (TPSA) is 50.2 Å². The maximum atomic E-state index is 12.4. The van der Waals surface area contributed by atoms with Gasteiger partial charge in [0.2, 0.25) is 5.95 Å². The Hall–Kier alpha value is -1.52. The van der Waals surface area contributed by atoms with Crippen molar-refractivity contribution in [3.8, 4) is 0 Å². The van der Waals surface area contributed by atoms with E-state index in [4.69, 9.17) is 5.11 Å². The third-order valence-electron chi connectivity index (χ3n) is 1.05. The fraction of sp³-hybridized carbons (Fsp3) is 0. The number of halogens is 2. The number of aromatic carboxylic acids is 1. The van der Waals surface area contributed by atoms with E-state index >= 15 is 0 Å². The minimum atomic E-state index is -1.51. The highest BCUT2D eigenvalue weighted by molar-refractivity contribution is 5.87. The first-order chi connectivity index (χ1) is 5.11. The van der Waals surface area contributed by atoms with E-state index in [-0.39, 0.29) is 0 Å². The number of hydrogen-bond donors (Lipinski definition) is 1. The van der Waals surface area contributed by atoms with Crippen LogP contribution in [0.2, 0.25) is 0 Å². The maximum Gasteiger partial charge on any atom is 0.338 e. The average molecular weight is 159 g/mol. The molecule has 58 valence electrons. The summed E-state index contributed by atoms with van der Waals surface area (Å²) in [5.41, 5.74) is -0.711. The van der Waals surface area contributed by atoms with Crippen LogP contribution in [0, 0.1) is 11.8 Å². The summed E-state index contributed by atoms with van der Waals surface area (Å²) in [4.78, 5) is 13.1. The van der Waals surface area contributed by atoms with Gasteiger partial charge in [-0.2, -0.15) is 4.39 Å². The van der Waals surface area contributed by atoms with Crippen LogP contribution in [-0.2, 0) is 0 Å². The summed E-state index contributed by atoms with van der Waals surface area (Å²) in [6.45, 7) is 0. The van der Waals surface area contributed by atoms with Gasteiger partial charge in [0.25, 0.3) is 0 Å². The van der Waals surface area contributed by atoms with E-state index in [9.17, 15) is 13.6 Å². The van der Waals surface area contributed by atoms with Crippen molar-refractivity contribution in [2.75, 3.05) is 0 Å². The Kier molecular flexibility index (Phi) is 1.80. The van der Waals surface area contributed by atoms with E-state index in [1.165, 1.54) is 0 Å². The zero-order chi connectivity index (χ0) is 8.43. The molecular weight excluding hydrogens is 156 g/mol. The minimum Gasteiger partial charge on any atom is -0.478 e. The van der Waals surface area contributed by atoms with Crippen molar-refractivity contribution in [3.05, 3.63) is 29.6 Å². The molecule has 0 spiro atoms. The van der Waals surface area contributed by atoms with Gasteiger partial charge in [0.05, 0.1) is 6.20 Å². The Morgan fingerprint density at radius 2 is 2.18 bits per heavy atom. The van der Waals surface area contributed by atoms with Gasteiger partial charge in [-0.1, -0.05) is 0 Å². The Bertz CT molecular complexity index is 301. The molecule has 0 amide bonds. The number of rotatable bonds is 1. The molecule has 0 aliphatic heterocycles. The van der Waals surface area contributed by atoms with Gasteiger partial charge in [-0.3, -0.25) is 0 Å². The summed E-state index contributed by atoms with van der Waals surface area (Å²) in [7, 11) is 0. The van der Waals surface area contributed by atoms with Gasteiger partial charge < -0.3 is 5.11 Å². The number of carboxylic acid groups (broad SMARTS) is 1. The van der Waals surface area contributed by atoms with E-state index in [0.29, 0.717) is 12.3 Å². The van der Waals surface area contributed by atoms with Crippen LogP contribution in [0.15, 0.2) is 12.3 Å². The fourth-order valence-corrected chi connectivity index (χ4v) is 0.577.